The van der Waals surface area contributed by atoms with Crippen LogP contribution < -0.4 is 5.32 Å². The molecule has 2 fully saturated rings. The van der Waals surface area contributed by atoms with E-state index in [2.05, 4.69) is 5.32 Å². The van der Waals surface area contributed by atoms with Crippen molar-refractivity contribution < 1.29 is 22.7 Å². The molecule has 0 unspecified atom stereocenters. The van der Waals surface area contributed by atoms with Crippen molar-refractivity contribution in [3.05, 3.63) is 29.3 Å². The van der Waals surface area contributed by atoms with Gasteiger partial charge in [-0.2, -0.15) is 4.31 Å². The number of carbonyl (C=O) groups is 2. The van der Waals surface area contributed by atoms with Crippen LogP contribution in [0.25, 0.3) is 0 Å². The van der Waals surface area contributed by atoms with E-state index in [1.54, 1.807) is 17.0 Å². The zero-order chi connectivity index (χ0) is 23.5. The van der Waals surface area contributed by atoms with Gasteiger partial charge in [-0.15, -0.1) is 0 Å². The van der Waals surface area contributed by atoms with Gasteiger partial charge in [0.15, 0.2) is 0 Å². The van der Waals surface area contributed by atoms with E-state index in [1.165, 1.54) is 16.4 Å². The molecule has 2 amide bonds. The molecule has 1 aromatic carbocycles. The number of nitrogens with one attached hydrogen (secondary N) is 1. The molecule has 10 heteroatoms. The lowest BCUT2D eigenvalue weighted by Gasteiger charge is -2.35. The van der Waals surface area contributed by atoms with Crippen molar-refractivity contribution in [3.63, 3.8) is 0 Å². The van der Waals surface area contributed by atoms with E-state index in [0.717, 1.165) is 0 Å². The van der Waals surface area contributed by atoms with Gasteiger partial charge in [-0.1, -0.05) is 11.6 Å². The standard InChI is InChI=1S/C22H32ClN3O5S/c1-22(2,3)31-21(28)25-12-10-18(11-13-25)24-20(27)16-8-14-26(15-9-16)32(29,30)19-6-4-17(23)5-7-19/h4-7,16,18H,8-15H2,1-3H3,(H,24,27). The number of benzene rings is 1. The van der Waals surface area contributed by atoms with Crippen molar-refractivity contribution in [1.82, 2.24) is 14.5 Å². The lowest BCUT2D eigenvalue weighted by atomic mass is 9.96. The lowest BCUT2D eigenvalue weighted by Crippen LogP contribution is -2.50. The number of halogens is 1. The summed E-state index contributed by atoms with van der Waals surface area (Å²) in [5.74, 6) is -0.250. The Morgan fingerprint density at radius 1 is 1.00 bits per heavy atom. The topological polar surface area (TPSA) is 96.0 Å². The fourth-order valence-corrected chi connectivity index (χ4v) is 5.56. The van der Waals surface area contributed by atoms with Crippen molar-refractivity contribution >= 4 is 33.6 Å². The number of ether oxygens (including phenoxy) is 1. The third-order valence-electron chi connectivity index (χ3n) is 5.77. The van der Waals surface area contributed by atoms with Crippen LogP contribution in [0, 0.1) is 5.92 Å². The van der Waals surface area contributed by atoms with Gasteiger partial charge in [0.2, 0.25) is 15.9 Å². The summed E-state index contributed by atoms with van der Waals surface area (Å²) < 4.78 is 32.4. The van der Waals surface area contributed by atoms with Crippen molar-refractivity contribution in [2.24, 2.45) is 5.92 Å². The van der Waals surface area contributed by atoms with Crippen molar-refractivity contribution in [3.8, 4) is 0 Å². The molecule has 2 aliphatic heterocycles. The van der Waals surface area contributed by atoms with Crippen LogP contribution >= 0.6 is 11.6 Å². The molecule has 1 aromatic rings. The first-order valence-corrected chi connectivity index (χ1v) is 12.8. The second-order valence-electron chi connectivity index (χ2n) is 9.38. The summed E-state index contributed by atoms with van der Waals surface area (Å²) in [6, 6.07) is 6.13. The summed E-state index contributed by atoms with van der Waals surface area (Å²) in [7, 11) is -3.59. The molecular formula is C22H32ClN3O5S. The van der Waals surface area contributed by atoms with E-state index in [-0.39, 0.29) is 28.9 Å². The molecule has 0 radical (unpaired) electrons. The summed E-state index contributed by atoms with van der Waals surface area (Å²) in [4.78, 5) is 26.8. The van der Waals surface area contributed by atoms with E-state index < -0.39 is 15.6 Å². The summed E-state index contributed by atoms with van der Waals surface area (Å²) in [5, 5.41) is 3.57. The fraction of sp³-hybridized carbons (Fsp3) is 0.636. The van der Waals surface area contributed by atoms with Crippen molar-refractivity contribution in [1.29, 1.82) is 0 Å². The van der Waals surface area contributed by atoms with Gasteiger partial charge in [0.1, 0.15) is 5.60 Å². The van der Waals surface area contributed by atoms with E-state index in [9.17, 15) is 18.0 Å². The quantitative estimate of drug-likeness (QED) is 0.706. The molecule has 32 heavy (non-hydrogen) atoms. The first-order chi connectivity index (χ1) is 15.0. The van der Waals surface area contributed by atoms with E-state index >= 15 is 0 Å². The second-order valence-corrected chi connectivity index (χ2v) is 11.8. The van der Waals surface area contributed by atoms with Gasteiger partial charge >= 0.3 is 6.09 Å². The number of amides is 2. The molecule has 0 bridgehead atoms. The maximum atomic E-state index is 12.8. The summed E-state index contributed by atoms with van der Waals surface area (Å²) in [5.41, 5.74) is -0.530. The Morgan fingerprint density at radius 2 is 1.56 bits per heavy atom. The van der Waals surface area contributed by atoms with E-state index in [4.69, 9.17) is 16.3 Å². The first-order valence-electron chi connectivity index (χ1n) is 11.0. The molecule has 3 rings (SSSR count). The van der Waals surface area contributed by atoms with E-state index in [1.807, 2.05) is 20.8 Å². The molecule has 1 N–H and O–H groups in total. The minimum Gasteiger partial charge on any atom is -0.444 e. The normalized spacial score (nSPS) is 19.6. The Bertz CT molecular complexity index is 914. The molecule has 0 aliphatic carbocycles. The van der Waals surface area contributed by atoms with Crippen molar-refractivity contribution in [2.75, 3.05) is 26.2 Å². The molecule has 178 valence electrons. The Balaban J connectivity index is 1.45. The number of nitrogens with zero attached hydrogens (tertiary/aromatic N) is 2. The van der Waals surface area contributed by atoms with Gasteiger partial charge in [-0.25, -0.2) is 13.2 Å². The van der Waals surface area contributed by atoms with E-state index in [0.29, 0.717) is 56.9 Å². The van der Waals surface area contributed by atoms with Gasteiger partial charge in [0, 0.05) is 43.2 Å². The Hall–Kier alpha value is -1.84. The molecular weight excluding hydrogens is 454 g/mol. The highest BCUT2D eigenvalue weighted by molar-refractivity contribution is 7.89. The minimum absolute atomic E-state index is 0.0111. The van der Waals surface area contributed by atoms with Crippen LogP contribution in [0.4, 0.5) is 4.79 Å². The number of likely N-dealkylation sites (tertiary alicyclic amines) is 1. The van der Waals surface area contributed by atoms with Gasteiger partial charge in [-0.3, -0.25) is 4.79 Å². The molecule has 2 heterocycles. The second kappa shape index (κ2) is 9.97. The zero-order valence-corrected chi connectivity index (χ0v) is 20.4. The number of sulfonamides is 1. The SMILES string of the molecule is CC(C)(C)OC(=O)N1CCC(NC(=O)C2CCN(S(=O)(=O)c3ccc(Cl)cc3)CC2)CC1. The number of carbonyl (C=O) groups excluding carboxylic acids is 2. The fourth-order valence-electron chi connectivity index (χ4n) is 3.97. The monoisotopic (exact) mass is 485 g/mol. The van der Waals surface area contributed by atoms with Crippen molar-refractivity contribution in [2.45, 2.75) is 63.0 Å². The Morgan fingerprint density at radius 3 is 2.09 bits per heavy atom. The third-order valence-corrected chi connectivity index (χ3v) is 7.93. The predicted octanol–water partition coefficient (Wildman–Crippen LogP) is 3.26. The van der Waals surface area contributed by atoms with Gasteiger partial charge in [-0.05, 0) is 70.7 Å². The maximum Gasteiger partial charge on any atom is 0.410 e. The molecule has 8 nitrogen and oxygen atoms in total. The summed E-state index contributed by atoms with van der Waals surface area (Å²) in [6.45, 7) is 7.20. The average molecular weight is 486 g/mol. The summed E-state index contributed by atoms with van der Waals surface area (Å²) >= 11 is 5.85. The van der Waals surface area contributed by atoms with Crippen LogP contribution in [-0.2, 0) is 19.6 Å². The van der Waals surface area contributed by atoms with Crippen LogP contribution in [0.15, 0.2) is 29.2 Å². The molecule has 0 saturated carbocycles. The first kappa shape index (κ1) is 24.8. The average Bonchev–Trinajstić information content (AvgIpc) is 2.73. The highest BCUT2D eigenvalue weighted by Crippen LogP contribution is 2.25. The van der Waals surface area contributed by atoms with Gasteiger partial charge in [0.25, 0.3) is 0 Å². The third kappa shape index (κ3) is 6.36. The molecule has 0 atom stereocenters. The number of hydrogen-bond acceptors (Lipinski definition) is 5. The smallest absolute Gasteiger partial charge is 0.410 e. The highest BCUT2D eigenvalue weighted by atomic mass is 35.5. The van der Waals surface area contributed by atoms with Crippen LogP contribution in [0.5, 0.6) is 0 Å². The molecule has 2 aliphatic rings. The highest BCUT2D eigenvalue weighted by Gasteiger charge is 2.34. The van der Waals surface area contributed by atoms with Crippen LogP contribution in [-0.4, -0.2) is 67.4 Å². The number of rotatable bonds is 4. The summed E-state index contributed by atoms with van der Waals surface area (Å²) in [6.07, 6.45) is 1.99. The zero-order valence-electron chi connectivity index (χ0n) is 18.8. The maximum absolute atomic E-state index is 12.8. The number of piperidine rings is 2. The molecule has 0 aromatic heterocycles. The van der Waals surface area contributed by atoms with Crippen LogP contribution in [0.3, 0.4) is 0 Å². The Labute approximate surface area is 195 Å². The molecule has 0 spiro atoms. The predicted molar refractivity (Wildman–Crippen MR) is 122 cm³/mol. The molecule has 2 saturated heterocycles. The van der Waals surface area contributed by atoms with Crippen LogP contribution in [0.2, 0.25) is 5.02 Å². The largest absolute Gasteiger partial charge is 0.444 e. The lowest BCUT2D eigenvalue weighted by molar-refractivity contribution is -0.127. The van der Waals surface area contributed by atoms with Gasteiger partial charge in [0.05, 0.1) is 4.90 Å². The number of hydrogen-bond donors (Lipinski definition) is 1. The minimum atomic E-state index is -3.59. The Kier molecular flexibility index (Phi) is 7.73. The van der Waals surface area contributed by atoms with Gasteiger partial charge < -0.3 is 15.0 Å². The van der Waals surface area contributed by atoms with Crippen LogP contribution in [0.1, 0.15) is 46.5 Å².